The van der Waals surface area contributed by atoms with Crippen molar-refractivity contribution in [3.63, 3.8) is 0 Å². The number of hydrogen-bond donors (Lipinski definition) is 2. The van der Waals surface area contributed by atoms with E-state index in [-0.39, 0.29) is 29.1 Å². The third-order valence-corrected chi connectivity index (χ3v) is 8.19. The topological polar surface area (TPSA) is 105 Å². The van der Waals surface area contributed by atoms with Gasteiger partial charge in [-0.25, -0.2) is 19.7 Å². The first-order valence-corrected chi connectivity index (χ1v) is 16.6. The van der Waals surface area contributed by atoms with Crippen LogP contribution in [-0.2, 0) is 4.74 Å². The SMILES string of the molecule is CCCCCCCCC(CCCCCC)COC(=O)c1ccc(-c2nc(-c3ccccc3O)nc(-c3ccccc3O)n2)cc1. The molecule has 0 saturated heterocycles. The number of nitrogens with zero attached hydrogens (tertiary/aromatic N) is 3. The van der Waals surface area contributed by atoms with Crippen LogP contribution in [0.5, 0.6) is 11.5 Å². The van der Waals surface area contributed by atoms with Gasteiger partial charge in [-0.3, -0.25) is 0 Å². The number of carbonyl (C=O) groups is 1. The Balaban J connectivity index is 1.47. The van der Waals surface area contributed by atoms with Crippen molar-refractivity contribution in [2.75, 3.05) is 6.61 Å². The number of aromatic nitrogens is 3. The molecule has 0 amide bonds. The van der Waals surface area contributed by atoms with Crippen molar-refractivity contribution in [1.82, 2.24) is 15.0 Å². The number of rotatable bonds is 18. The zero-order valence-electron chi connectivity index (χ0n) is 26.8. The molecule has 0 saturated carbocycles. The fourth-order valence-corrected chi connectivity index (χ4v) is 5.49. The Labute approximate surface area is 267 Å². The largest absolute Gasteiger partial charge is 0.507 e. The molecule has 7 heteroatoms. The third kappa shape index (κ3) is 10.1. The summed E-state index contributed by atoms with van der Waals surface area (Å²) >= 11 is 0. The highest BCUT2D eigenvalue weighted by Crippen LogP contribution is 2.32. The summed E-state index contributed by atoms with van der Waals surface area (Å²) in [5.74, 6) is 1.04. The number of benzene rings is 3. The van der Waals surface area contributed by atoms with E-state index in [1.165, 1.54) is 64.2 Å². The van der Waals surface area contributed by atoms with Crippen LogP contribution in [-0.4, -0.2) is 37.7 Å². The molecule has 0 radical (unpaired) electrons. The number of hydrogen-bond acceptors (Lipinski definition) is 7. The van der Waals surface area contributed by atoms with Crippen molar-refractivity contribution >= 4 is 5.97 Å². The fraction of sp³-hybridized carbons (Fsp3) is 0.421. The van der Waals surface area contributed by atoms with Crippen molar-refractivity contribution in [2.45, 2.75) is 90.9 Å². The number of ether oxygens (including phenoxy) is 1. The minimum Gasteiger partial charge on any atom is -0.507 e. The van der Waals surface area contributed by atoms with Crippen LogP contribution in [0.4, 0.5) is 0 Å². The lowest BCUT2D eigenvalue weighted by molar-refractivity contribution is 0.0422. The number of unbranched alkanes of at least 4 members (excludes halogenated alkanes) is 8. The Bertz CT molecular complexity index is 1430. The highest BCUT2D eigenvalue weighted by molar-refractivity contribution is 5.90. The second-order valence-corrected chi connectivity index (χ2v) is 11.8. The standard InChI is InChI=1S/C38H47N3O4/c1-3-5-7-9-10-12-18-28(17-11-8-6-4-2)27-45-38(44)30-25-23-29(24-26-30)35-39-36(31-19-13-15-21-33(31)42)41-37(40-35)32-20-14-16-22-34(32)43/h13-16,19-26,28,42-43H,3-12,17-18,27H2,1-2H3. The van der Waals surface area contributed by atoms with E-state index in [2.05, 4.69) is 28.8 Å². The molecular formula is C38H47N3O4. The Morgan fingerprint density at radius 2 is 1.09 bits per heavy atom. The van der Waals surface area contributed by atoms with Crippen LogP contribution in [0.25, 0.3) is 34.2 Å². The van der Waals surface area contributed by atoms with Gasteiger partial charge in [0.2, 0.25) is 0 Å². The molecule has 0 aliphatic carbocycles. The molecular weight excluding hydrogens is 562 g/mol. The Morgan fingerprint density at radius 1 is 0.622 bits per heavy atom. The van der Waals surface area contributed by atoms with Gasteiger partial charge in [-0.15, -0.1) is 0 Å². The van der Waals surface area contributed by atoms with Gasteiger partial charge in [-0.1, -0.05) is 114 Å². The Hall–Kier alpha value is -4.26. The number of aromatic hydroxyl groups is 2. The van der Waals surface area contributed by atoms with E-state index in [4.69, 9.17) is 4.74 Å². The molecule has 0 bridgehead atoms. The molecule has 0 aliphatic rings. The van der Waals surface area contributed by atoms with Crippen LogP contribution in [0.1, 0.15) is 101 Å². The molecule has 2 N–H and O–H groups in total. The normalized spacial score (nSPS) is 11.8. The van der Waals surface area contributed by atoms with E-state index < -0.39 is 0 Å². The zero-order chi connectivity index (χ0) is 31.9. The molecule has 4 aromatic rings. The van der Waals surface area contributed by atoms with Crippen LogP contribution in [0.3, 0.4) is 0 Å². The maximum absolute atomic E-state index is 13.1. The maximum atomic E-state index is 13.1. The Morgan fingerprint density at radius 3 is 1.62 bits per heavy atom. The van der Waals surface area contributed by atoms with E-state index in [0.29, 0.717) is 40.6 Å². The van der Waals surface area contributed by atoms with Crippen LogP contribution in [0.15, 0.2) is 72.8 Å². The fourth-order valence-electron chi connectivity index (χ4n) is 5.49. The quantitative estimate of drug-likeness (QED) is 0.0854. The molecule has 0 fully saturated rings. The molecule has 1 heterocycles. The number of phenols is 2. The lowest BCUT2D eigenvalue weighted by Gasteiger charge is -2.17. The number of phenolic OH excluding ortho intramolecular Hbond substituents is 2. The Kier molecular flexibility index (Phi) is 13.4. The summed E-state index contributed by atoms with van der Waals surface area (Å²) in [6, 6.07) is 20.7. The van der Waals surface area contributed by atoms with Gasteiger partial charge < -0.3 is 14.9 Å². The van der Waals surface area contributed by atoms with Gasteiger partial charge in [0.25, 0.3) is 0 Å². The maximum Gasteiger partial charge on any atom is 0.338 e. The van der Waals surface area contributed by atoms with Crippen LogP contribution in [0, 0.1) is 5.92 Å². The molecule has 0 spiro atoms. The van der Waals surface area contributed by atoms with Gasteiger partial charge in [0.05, 0.1) is 23.3 Å². The molecule has 3 aromatic carbocycles. The average Bonchev–Trinajstić information content (AvgIpc) is 3.07. The molecule has 7 nitrogen and oxygen atoms in total. The predicted octanol–water partition coefficient (Wildman–Crippen LogP) is 9.78. The zero-order valence-corrected chi connectivity index (χ0v) is 26.8. The van der Waals surface area contributed by atoms with E-state index in [0.717, 1.165) is 12.8 Å². The summed E-state index contributed by atoms with van der Waals surface area (Å²) in [5, 5.41) is 21.0. The first kappa shape index (κ1) is 33.6. The summed E-state index contributed by atoms with van der Waals surface area (Å²) in [6.45, 7) is 4.91. The van der Waals surface area contributed by atoms with Gasteiger partial charge in [-0.05, 0) is 55.2 Å². The molecule has 1 atom stereocenters. The third-order valence-electron chi connectivity index (χ3n) is 8.19. The lowest BCUT2D eigenvalue weighted by Crippen LogP contribution is -2.15. The second kappa shape index (κ2) is 17.9. The lowest BCUT2D eigenvalue weighted by atomic mass is 9.95. The van der Waals surface area contributed by atoms with Gasteiger partial charge in [-0.2, -0.15) is 0 Å². The summed E-state index contributed by atoms with van der Waals surface area (Å²) in [4.78, 5) is 26.9. The van der Waals surface area contributed by atoms with Gasteiger partial charge >= 0.3 is 5.97 Å². The number of esters is 1. The van der Waals surface area contributed by atoms with E-state index >= 15 is 0 Å². The van der Waals surface area contributed by atoms with Crippen LogP contribution >= 0.6 is 0 Å². The summed E-state index contributed by atoms with van der Waals surface area (Å²) in [6.07, 6.45) is 14.6. The predicted molar refractivity (Wildman–Crippen MR) is 180 cm³/mol. The summed E-state index contributed by atoms with van der Waals surface area (Å²) < 4.78 is 5.83. The first-order chi connectivity index (χ1) is 22.0. The van der Waals surface area contributed by atoms with Crippen molar-refractivity contribution in [2.24, 2.45) is 5.92 Å². The number of carbonyl (C=O) groups excluding carboxylic acids is 1. The van der Waals surface area contributed by atoms with E-state index in [1.54, 1.807) is 72.8 Å². The molecule has 238 valence electrons. The van der Waals surface area contributed by atoms with Gasteiger partial charge in [0, 0.05) is 5.56 Å². The minimum absolute atomic E-state index is 0.0381. The molecule has 1 unspecified atom stereocenters. The molecule has 4 rings (SSSR count). The minimum atomic E-state index is -0.330. The molecule has 0 aliphatic heterocycles. The second-order valence-electron chi connectivity index (χ2n) is 11.8. The van der Waals surface area contributed by atoms with Gasteiger partial charge in [0.1, 0.15) is 11.5 Å². The molecule has 45 heavy (non-hydrogen) atoms. The molecule has 1 aromatic heterocycles. The van der Waals surface area contributed by atoms with Crippen molar-refractivity contribution in [3.8, 4) is 45.7 Å². The van der Waals surface area contributed by atoms with Crippen molar-refractivity contribution in [1.29, 1.82) is 0 Å². The van der Waals surface area contributed by atoms with Gasteiger partial charge in [0.15, 0.2) is 17.5 Å². The monoisotopic (exact) mass is 609 g/mol. The van der Waals surface area contributed by atoms with Crippen molar-refractivity contribution in [3.05, 3.63) is 78.4 Å². The van der Waals surface area contributed by atoms with E-state index in [1.807, 2.05) is 0 Å². The first-order valence-electron chi connectivity index (χ1n) is 16.6. The van der Waals surface area contributed by atoms with Crippen LogP contribution in [0.2, 0.25) is 0 Å². The highest BCUT2D eigenvalue weighted by Gasteiger charge is 2.18. The van der Waals surface area contributed by atoms with Crippen molar-refractivity contribution < 1.29 is 19.7 Å². The summed E-state index contributed by atoms with van der Waals surface area (Å²) in [7, 11) is 0. The summed E-state index contributed by atoms with van der Waals surface area (Å²) in [5.41, 5.74) is 2.03. The average molecular weight is 610 g/mol. The highest BCUT2D eigenvalue weighted by atomic mass is 16.5. The number of para-hydroxylation sites is 2. The smallest absolute Gasteiger partial charge is 0.338 e. The van der Waals surface area contributed by atoms with E-state index in [9.17, 15) is 15.0 Å². The van der Waals surface area contributed by atoms with Crippen LogP contribution < -0.4 is 0 Å².